The number of hydrogen-bond donors (Lipinski definition) is 1. The fraction of sp³-hybridized carbons (Fsp3) is 0.0952. The molecule has 2 aromatic carbocycles. The highest BCUT2D eigenvalue weighted by Crippen LogP contribution is 2.29. The Hall–Kier alpha value is -3.19. The van der Waals surface area contributed by atoms with Crippen molar-refractivity contribution in [1.82, 2.24) is 9.97 Å². The molecule has 0 spiro atoms. The number of amides is 1. The van der Waals surface area contributed by atoms with E-state index in [2.05, 4.69) is 15.3 Å². The molecule has 2 aromatic heterocycles. The molecule has 0 radical (unpaired) electrons. The van der Waals surface area contributed by atoms with Gasteiger partial charge < -0.3 is 9.73 Å². The Labute approximate surface area is 165 Å². The van der Waals surface area contributed by atoms with Gasteiger partial charge >= 0.3 is 0 Å². The number of fused-ring (bicyclic) bond motifs is 1. The van der Waals surface area contributed by atoms with Gasteiger partial charge in [-0.25, -0.2) is 9.37 Å². The van der Waals surface area contributed by atoms with Gasteiger partial charge in [0.05, 0.1) is 22.7 Å². The predicted molar refractivity (Wildman–Crippen MR) is 108 cm³/mol. The van der Waals surface area contributed by atoms with Crippen molar-refractivity contribution in [3.63, 3.8) is 0 Å². The summed E-state index contributed by atoms with van der Waals surface area (Å²) < 4.78 is 18.7. The van der Waals surface area contributed by atoms with E-state index in [4.69, 9.17) is 4.42 Å². The molecule has 7 heteroatoms. The van der Waals surface area contributed by atoms with Crippen LogP contribution >= 0.6 is 11.8 Å². The van der Waals surface area contributed by atoms with Crippen molar-refractivity contribution in [3.05, 3.63) is 72.8 Å². The average molecular weight is 393 g/mol. The van der Waals surface area contributed by atoms with E-state index in [-0.39, 0.29) is 11.7 Å². The van der Waals surface area contributed by atoms with E-state index < -0.39 is 5.25 Å². The summed E-state index contributed by atoms with van der Waals surface area (Å²) in [4.78, 5) is 21.1. The number of aromatic nitrogens is 2. The van der Waals surface area contributed by atoms with Crippen LogP contribution in [-0.2, 0) is 4.79 Å². The summed E-state index contributed by atoms with van der Waals surface area (Å²) in [5, 5.41) is 3.77. The zero-order chi connectivity index (χ0) is 19.5. The Morgan fingerprint density at radius 3 is 2.75 bits per heavy atom. The molecule has 1 N–H and O–H groups in total. The molecule has 1 unspecified atom stereocenters. The number of nitrogens with one attached hydrogen (secondary N) is 1. The summed E-state index contributed by atoms with van der Waals surface area (Å²) >= 11 is 1.22. The fourth-order valence-corrected chi connectivity index (χ4v) is 3.43. The van der Waals surface area contributed by atoms with Crippen molar-refractivity contribution in [1.29, 1.82) is 0 Å². The number of rotatable bonds is 5. The highest BCUT2D eigenvalue weighted by Gasteiger charge is 2.19. The van der Waals surface area contributed by atoms with Gasteiger partial charge in [0, 0.05) is 17.1 Å². The highest BCUT2D eigenvalue weighted by atomic mass is 32.2. The van der Waals surface area contributed by atoms with Gasteiger partial charge in [-0.05, 0) is 55.5 Å². The number of carbonyl (C=O) groups is 1. The summed E-state index contributed by atoms with van der Waals surface area (Å²) in [7, 11) is 0. The molecule has 0 bridgehead atoms. The molecule has 0 fully saturated rings. The number of carbonyl (C=O) groups excluding carboxylic acids is 1. The molecule has 0 aliphatic heterocycles. The van der Waals surface area contributed by atoms with E-state index >= 15 is 0 Å². The average Bonchev–Trinajstić information content (AvgIpc) is 3.17. The maximum atomic E-state index is 13.0. The zero-order valence-corrected chi connectivity index (χ0v) is 15.7. The molecule has 0 aliphatic rings. The second-order valence-corrected chi connectivity index (χ2v) is 7.41. The van der Waals surface area contributed by atoms with Crippen LogP contribution in [0.15, 0.2) is 76.6 Å². The number of benzene rings is 2. The molecule has 4 rings (SSSR count). The maximum Gasteiger partial charge on any atom is 0.256 e. The quantitative estimate of drug-likeness (QED) is 0.475. The number of halogens is 1. The molecule has 4 aromatic rings. The van der Waals surface area contributed by atoms with Crippen LogP contribution in [0, 0.1) is 5.82 Å². The smallest absolute Gasteiger partial charge is 0.256 e. The third-order valence-corrected chi connectivity index (χ3v) is 5.12. The molecular formula is C21H16FN3O2S. The summed E-state index contributed by atoms with van der Waals surface area (Å²) in [5.74, 6) is 0.0462. The van der Waals surface area contributed by atoms with E-state index in [9.17, 15) is 9.18 Å². The van der Waals surface area contributed by atoms with Crippen LogP contribution < -0.4 is 5.32 Å². The normalized spacial score (nSPS) is 12.1. The third kappa shape index (κ3) is 3.89. The Kier molecular flexibility index (Phi) is 5.08. The van der Waals surface area contributed by atoms with Gasteiger partial charge in [-0.2, -0.15) is 0 Å². The number of pyridine rings is 1. The van der Waals surface area contributed by atoms with Crippen LogP contribution in [0.2, 0.25) is 0 Å². The minimum Gasteiger partial charge on any atom is -0.431 e. The Morgan fingerprint density at radius 2 is 1.93 bits per heavy atom. The van der Waals surface area contributed by atoms with Gasteiger partial charge in [0.1, 0.15) is 5.82 Å². The van der Waals surface area contributed by atoms with Gasteiger partial charge in [-0.15, -0.1) is 0 Å². The number of oxazole rings is 1. The van der Waals surface area contributed by atoms with Gasteiger partial charge in [0.25, 0.3) is 5.22 Å². The van der Waals surface area contributed by atoms with Crippen molar-refractivity contribution in [3.8, 4) is 11.3 Å². The summed E-state index contributed by atoms with van der Waals surface area (Å²) in [5.41, 5.74) is 2.25. The number of nitrogens with zero attached hydrogens (tertiary/aromatic N) is 2. The van der Waals surface area contributed by atoms with E-state index in [0.717, 1.165) is 16.5 Å². The van der Waals surface area contributed by atoms with Crippen LogP contribution in [0.3, 0.4) is 0 Å². The lowest BCUT2D eigenvalue weighted by molar-refractivity contribution is -0.115. The van der Waals surface area contributed by atoms with Gasteiger partial charge in [-0.3, -0.25) is 9.78 Å². The van der Waals surface area contributed by atoms with Gasteiger partial charge in [-0.1, -0.05) is 17.8 Å². The molecule has 1 amide bonds. The molecule has 1 atom stereocenters. The lowest BCUT2D eigenvalue weighted by Gasteiger charge is -2.11. The third-order valence-electron chi connectivity index (χ3n) is 4.16. The zero-order valence-electron chi connectivity index (χ0n) is 14.9. The van der Waals surface area contributed by atoms with Crippen LogP contribution in [0.4, 0.5) is 10.1 Å². The van der Waals surface area contributed by atoms with Crippen molar-refractivity contribution < 1.29 is 13.6 Å². The van der Waals surface area contributed by atoms with Crippen molar-refractivity contribution >= 4 is 34.3 Å². The molecule has 0 saturated heterocycles. The highest BCUT2D eigenvalue weighted by molar-refractivity contribution is 8.00. The molecule has 2 heterocycles. The molecule has 0 aliphatic carbocycles. The Balaban J connectivity index is 1.45. The van der Waals surface area contributed by atoms with Crippen molar-refractivity contribution in [2.45, 2.75) is 17.4 Å². The monoisotopic (exact) mass is 393 g/mol. The first-order valence-electron chi connectivity index (χ1n) is 8.63. The second kappa shape index (κ2) is 7.82. The fourth-order valence-electron chi connectivity index (χ4n) is 2.71. The second-order valence-electron chi connectivity index (χ2n) is 6.12. The van der Waals surface area contributed by atoms with Crippen LogP contribution in [-0.4, -0.2) is 21.1 Å². The molecular weight excluding hydrogens is 377 g/mol. The topological polar surface area (TPSA) is 68.0 Å². The lowest BCUT2D eigenvalue weighted by atomic mass is 10.2. The standard InChI is InChI=1S/C21H16FN3O2S/c1-13(20(26)25-18-6-2-5-17-16(18)4-3-11-23-17)28-21-24-12-19(27-21)14-7-9-15(22)10-8-14/h2-13H,1H3,(H,25,26). The van der Waals surface area contributed by atoms with E-state index in [1.165, 1.54) is 23.9 Å². The van der Waals surface area contributed by atoms with Gasteiger partial charge in [0.15, 0.2) is 5.76 Å². The Morgan fingerprint density at radius 1 is 1.11 bits per heavy atom. The lowest BCUT2D eigenvalue weighted by Crippen LogP contribution is -2.22. The Bertz CT molecular complexity index is 1120. The van der Waals surface area contributed by atoms with E-state index in [1.54, 1.807) is 31.5 Å². The van der Waals surface area contributed by atoms with Gasteiger partial charge in [0.2, 0.25) is 5.91 Å². The predicted octanol–water partition coefficient (Wildman–Crippen LogP) is 5.15. The van der Waals surface area contributed by atoms with Crippen LogP contribution in [0.5, 0.6) is 0 Å². The van der Waals surface area contributed by atoms with Crippen LogP contribution in [0.25, 0.3) is 22.2 Å². The van der Waals surface area contributed by atoms with E-state index in [0.29, 0.717) is 16.7 Å². The first-order valence-corrected chi connectivity index (χ1v) is 9.51. The molecule has 28 heavy (non-hydrogen) atoms. The van der Waals surface area contributed by atoms with E-state index in [1.807, 2.05) is 30.3 Å². The minimum absolute atomic E-state index is 0.164. The first kappa shape index (κ1) is 18.2. The summed E-state index contributed by atoms with van der Waals surface area (Å²) in [6, 6.07) is 15.3. The number of anilines is 1. The molecule has 5 nitrogen and oxygen atoms in total. The molecule has 0 saturated carbocycles. The minimum atomic E-state index is -0.424. The van der Waals surface area contributed by atoms with Crippen LogP contribution in [0.1, 0.15) is 6.92 Å². The van der Waals surface area contributed by atoms with Crippen molar-refractivity contribution in [2.24, 2.45) is 0 Å². The molecule has 140 valence electrons. The number of hydrogen-bond acceptors (Lipinski definition) is 5. The van der Waals surface area contributed by atoms with Crippen molar-refractivity contribution in [2.75, 3.05) is 5.32 Å². The SMILES string of the molecule is CC(Sc1ncc(-c2ccc(F)cc2)o1)C(=O)Nc1cccc2ncccc12. The summed E-state index contributed by atoms with van der Waals surface area (Å²) in [6.45, 7) is 1.78. The largest absolute Gasteiger partial charge is 0.431 e. The maximum absolute atomic E-state index is 13.0. The number of thioether (sulfide) groups is 1. The summed E-state index contributed by atoms with van der Waals surface area (Å²) in [6.07, 6.45) is 3.28. The first-order chi connectivity index (χ1) is 13.6.